The Morgan fingerprint density at radius 3 is 2.44 bits per heavy atom. The van der Waals surface area contributed by atoms with Gasteiger partial charge in [-0.1, -0.05) is 0 Å². The summed E-state index contributed by atoms with van der Waals surface area (Å²) in [7, 11) is -4.00. The largest absolute Gasteiger partial charge is 0.462 e. The van der Waals surface area contributed by atoms with Crippen LogP contribution in [-0.2, 0) is 21.2 Å². The van der Waals surface area contributed by atoms with Crippen molar-refractivity contribution in [2.24, 2.45) is 5.10 Å². The van der Waals surface area contributed by atoms with Crippen LogP contribution in [0.5, 0.6) is 0 Å². The summed E-state index contributed by atoms with van der Waals surface area (Å²) >= 11 is 0. The maximum absolute atomic E-state index is 13.1. The second-order valence-corrected chi connectivity index (χ2v) is 9.73. The van der Waals surface area contributed by atoms with Crippen LogP contribution in [0.15, 0.2) is 62.9 Å². The lowest BCUT2D eigenvalue weighted by atomic mass is 9.93. The molecule has 0 saturated carbocycles. The summed E-state index contributed by atoms with van der Waals surface area (Å²) in [6, 6.07) is 10.7. The summed E-state index contributed by atoms with van der Waals surface area (Å²) in [6.45, 7) is 3.68. The smallest absolute Gasteiger partial charge is 0.338 e. The number of hydrogen-bond acceptors (Lipinski definition) is 7. The molecule has 1 aliphatic carbocycles. The van der Waals surface area contributed by atoms with Gasteiger partial charge in [-0.2, -0.15) is 18.4 Å². The van der Waals surface area contributed by atoms with E-state index >= 15 is 0 Å². The van der Waals surface area contributed by atoms with E-state index in [0.717, 1.165) is 24.3 Å². The fourth-order valence-electron chi connectivity index (χ4n) is 3.87. The Hall–Kier alpha value is -3.99. The van der Waals surface area contributed by atoms with Gasteiger partial charge in [0.15, 0.2) is 5.76 Å². The van der Waals surface area contributed by atoms with Crippen molar-refractivity contribution in [1.29, 1.82) is 0 Å². The second kappa shape index (κ2) is 10.3. The highest BCUT2D eigenvalue weighted by atomic mass is 32.2. The quantitative estimate of drug-likeness (QED) is 0.361. The molecule has 0 radical (unpaired) electrons. The molecule has 0 saturated heterocycles. The molecule has 36 heavy (non-hydrogen) atoms. The topological polar surface area (TPSA) is 127 Å². The predicted molar refractivity (Wildman–Crippen MR) is 130 cm³/mol. The molecule has 1 heterocycles. The monoisotopic (exact) mass is 513 g/mol. The molecule has 0 unspecified atom stereocenters. The Kier molecular flexibility index (Phi) is 7.20. The fraction of sp³-hybridized carbons (Fsp3) is 0.240. The molecule has 4 rings (SSSR count). The number of esters is 1. The van der Waals surface area contributed by atoms with Crippen LogP contribution in [0.3, 0.4) is 0 Å². The van der Waals surface area contributed by atoms with Crippen molar-refractivity contribution in [2.75, 3.05) is 11.9 Å². The molecule has 1 amide bonds. The van der Waals surface area contributed by atoms with Gasteiger partial charge in [-0.25, -0.2) is 9.18 Å². The van der Waals surface area contributed by atoms with E-state index in [1.807, 2.05) is 0 Å². The number of nitrogens with one attached hydrogen (secondary N) is 2. The Labute approximate surface area is 207 Å². The van der Waals surface area contributed by atoms with Gasteiger partial charge in [0.2, 0.25) is 0 Å². The molecule has 0 aliphatic heterocycles. The van der Waals surface area contributed by atoms with Crippen molar-refractivity contribution >= 4 is 33.3 Å². The molecule has 0 bridgehead atoms. The minimum Gasteiger partial charge on any atom is -0.462 e. The molecular weight excluding hydrogens is 489 g/mol. The van der Waals surface area contributed by atoms with Crippen molar-refractivity contribution < 1.29 is 31.6 Å². The van der Waals surface area contributed by atoms with Gasteiger partial charge >= 0.3 is 5.97 Å². The van der Waals surface area contributed by atoms with Crippen molar-refractivity contribution in [1.82, 2.24) is 4.83 Å². The van der Waals surface area contributed by atoms with Crippen LogP contribution >= 0.6 is 0 Å². The maximum atomic E-state index is 13.1. The third-order valence-corrected chi connectivity index (χ3v) is 6.83. The summed E-state index contributed by atoms with van der Waals surface area (Å²) < 4.78 is 49.0. The zero-order chi connectivity index (χ0) is 25.9. The molecule has 11 heteroatoms. The van der Waals surface area contributed by atoms with Crippen molar-refractivity contribution in [3.05, 3.63) is 82.6 Å². The zero-order valence-electron chi connectivity index (χ0n) is 19.6. The number of carbonyl (C=O) groups excluding carboxylic acids is 2. The number of benzene rings is 2. The van der Waals surface area contributed by atoms with Crippen molar-refractivity contribution in [3.63, 3.8) is 0 Å². The molecule has 1 aromatic heterocycles. The molecular formula is C25H24FN3O6S. The Morgan fingerprint density at radius 1 is 1.08 bits per heavy atom. The summed E-state index contributed by atoms with van der Waals surface area (Å²) in [5, 5.41) is 6.84. The van der Waals surface area contributed by atoms with Crippen LogP contribution < -0.4 is 10.1 Å². The Balaban J connectivity index is 1.53. The number of hydrazone groups is 1. The Bertz CT molecular complexity index is 1430. The van der Waals surface area contributed by atoms with Gasteiger partial charge in [-0.3, -0.25) is 4.79 Å². The van der Waals surface area contributed by atoms with E-state index in [2.05, 4.69) is 15.2 Å². The normalized spacial score (nSPS) is 14.2. The van der Waals surface area contributed by atoms with Gasteiger partial charge < -0.3 is 14.5 Å². The van der Waals surface area contributed by atoms with Crippen LogP contribution in [0.2, 0.25) is 0 Å². The van der Waals surface area contributed by atoms with Crippen LogP contribution in [0, 0.1) is 12.7 Å². The number of fused-ring (bicyclic) bond motifs is 1. The molecule has 2 aromatic carbocycles. The standard InChI is InChI=1S/C25H24FN3O6S/c1-3-34-25(31)16-7-11-18(12-8-16)27-24(30)23-15(2)22-20(5-4-6-21(22)35-23)28-29-36(32,33)19-13-9-17(26)10-14-19/h7-14,29H,3-6H2,1-2H3,(H,27,30)/b28-20+. The first kappa shape index (κ1) is 25.1. The highest BCUT2D eigenvalue weighted by Gasteiger charge is 2.28. The SMILES string of the molecule is CCOC(=O)c1ccc(NC(=O)c2oc3c(c2C)/C(=N/NS(=O)(=O)c2ccc(F)cc2)CCC3)cc1. The Morgan fingerprint density at radius 2 is 1.78 bits per heavy atom. The second-order valence-electron chi connectivity index (χ2n) is 8.07. The third-order valence-electron chi connectivity index (χ3n) is 5.61. The minimum absolute atomic E-state index is 0.0884. The van der Waals surface area contributed by atoms with Gasteiger partial charge in [0.1, 0.15) is 11.6 Å². The lowest BCUT2D eigenvalue weighted by Crippen LogP contribution is -2.22. The molecule has 9 nitrogen and oxygen atoms in total. The minimum atomic E-state index is -4.00. The predicted octanol–water partition coefficient (Wildman–Crippen LogP) is 4.18. The van der Waals surface area contributed by atoms with Crippen LogP contribution in [0.4, 0.5) is 10.1 Å². The number of carbonyl (C=O) groups is 2. The molecule has 188 valence electrons. The highest BCUT2D eigenvalue weighted by molar-refractivity contribution is 7.89. The number of anilines is 1. The van der Waals surface area contributed by atoms with Crippen LogP contribution in [-0.4, -0.2) is 32.6 Å². The first-order chi connectivity index (χ1) is 17.2. The van der Waals surface area contributed by atoms with E-state index in [9.17, 15) is 22.4 Å². The number of hydrogen-bond donors (Lipinski definition) is 2. The fourth-order valence-corrected chi connectivity index (χ4v) is 4.70. The number of rotatable bonds is 7. The lowest BCUT2D eigenvalue weighted by Gasteiger charge is -2.14. The molecule has 3 aromatic rings. The number of sulfonamides is 1. The van der Waals surface area contributed by atoms with E-state index in [1.165, 1.54) is 0 Å². The summed E-state index contributed by atoms with van der Waals surface area (Å²) in [4.78, 5) is 26.8. The molecule has 0 spiro atoms. The van der Waals surface area contributed by atoms with Crippen LogP contribution in [0.25, 0.3) is 0 Å². The lowest BCUT2D eigenvalue weighted by molar-refractivity contribution is 0.0526. The first-order valence-electron chi connectivity index (χ1n) is 11.2. The molecule has 0 atom stereocenters. The van der Waals surface area contributed by atoms with E-state index in [-0.39, 0.29) is 17.3 Å². The third kappa shape index (κ3) is 5.30. The van der Waals surface area contributed by atoms with Gasteiger partial charge in [-0.05, 0) is 75.2 Å². The van der Waals surface area contributed by atoms with Gasteiger partial charge in [-0.15, -0.1) is 0 Å². The van der Waals surface area contributed by atoms with Crippen molar-refractivity contribution in [3.8, 4) is 0 Å². The van der Waals surface area contributed by atoms with E-state index in [4.69, 9.17) is 9.15 Å². The van der Waals surface area contributed by atoms with E-state index in [0.29, 0.717) is 53.1 Å². The first-order valence-corrected chi connectivity index (χ1v) is 12.7. The summed E-state index contributed by atoms with van der Waals surface area (Å²) in [5.74, 6) is -0.859. The highest BCUT2D eigenvalue weighted by Crippen LogP contribution is 2.30. The number of furan rings is 1. The molecule has 0 fully saturated rings. The number of halogens is 1. The zero-order valence-corrected chi connectivity index (χ0v) is 20.4. The average molecular weight is 514 g/mol. The van der Waals surface area contributed by atoms with Gasteiger partial charge in [0, 0.05) is 23.2 Å². The summed E-state index contributed by atoms with van der Waals surface area (Å²) in [5.41, 5.74) is 2.39. The number of nitrogens with zero attached hydrogens (tertiary/aromatic N) is 1. The van der Waals surface area contributed by atoms with E-state index < -0.39 is 27.7 Å². The molecule has 1 aliphatic rings. The molecule has 2 N–H and O–H groups in total. The van der Waals surface area contributed by atoms with Gasteiger partial charge in [0.05, 0.1) is 22.8 Å². The number of amides is 1. The number of aryl methyl sites for hydroxylation is 1. The van der Waals surface area contributed by atoms with E-state index in [1.54, 1.807) is 38.1 Å². The van der Waals surface area contributed by atoms with Gasteiger partial charge in [0.25, 0.3) is 15.9 Å². The maximum Gasteiger partial charge on any atom is 0.338 e. The summed E-state index contributed by atoms with van der Waals surface area (Å²) in [6.07, 6.45) is 1.71. The van der Waals surface area contributed by atoms with Crippen molar-refractivity contribution in [2.45, 2.75) is 38.0 Å². The average Bonchev–Trinajstić information content (AvgIpc) is 3.21. The van der Waals surface area contributed by atoms with Crippen LogP contribution in [0.1, 0.15) is 57.6 Å². The number of ether oxygens (including phenoxy) is 1.